The minimum atomic E-state index is -0.236. The zero-order chi connectivity index (χ0) is 15.4. The molecule has 3 rings (SSSR count). The van der Waals surface area contributed by atoms with E-state index in [1.807, 2.05) is 28.8 Å². The summed E-state index contributed by atoms with van der Waals surface area (Å²) in [6.45, 7) is 0.709. The molecule has 3 aromatic rings. The highest BCUT2D eigenvalue weighted by atomic mass is 16.1. The lowest BCUT2D eigenvalue weighted by atomic mass is 10.3. The van der Waals surface area contributed by atoms with Gasteiger partial charge in [-0.3, -0.25) is 9.78 Å². The lowest BCUT2D eigenvalue weighted by molar-refractivity contribution is 0.0944. The summed E-state index contributed by atoms with van der Waals surface area (Å²) in [4.78, 5) is 20.6. The normalized spacial score (nSPS) is 10.3. The maximum absolute atomic E-state index is 12.1. The van der Waals surface area contributed by atoms with Crippen molar-refractivity contribution >= 4 is 16.9 Å². The number of nitrogens with one attached hydrogen (secondary N) is 1. The van der Waals surface area contributed by atoms with Gasteiger partial charge in [0.15, 0.2) is 0 Å². The number of hydrogen-bond acceptors (Lipinski definition) is 3. The molecule has 2 aromatic heterocycles. The summed E-state index contributed by atoms with van der Waals surface area (Å²) in [5.74, 6) is 3.11. The number of para-hydroxylation sites is 2. The summed E-state index contributed by atoms with van der Waals surface area (Å²) < 4.78 is 1.92. The molecule has 1 amide bonds. The van der Waals surface area contributed by atoms with Crippen molar-refractivity contribution in [2.45, 2.75) is 13.1 Å². The fourth-order valence-electron chi connectivity index (χ4n) is 2.28. The van der Waals surface area contributed by atoms with Crippen LogP contribution in [0.25, 0.3) is 11.0 Å². The molecule has 0 bridgehead atoms. The van der Waals surface area contributed by atoms with Gasteiger partial charge in [-0.25, -0.2) is 4.98 Å². The first kappa shape index (κ1) is 13.8. The number of terminal acetylenes is 1. The van der Waals surface area contributed by atoms with E-state index in [1.54, 1.807) is 24.4 Å². The largest absolute Gasteiger partial charge is 0.343 e. The highest BCUT2D eigenvalue weighted by molar-refractivity contribution is 5.92. The molecular formula is C17H14N4O. The molecule has 5 nitrogen and oxygen atoms in total. The molecule has 0 saturated carbocycles. The van der Waals surface area contributed by atoms with Gasteiger partial charge in [-0.05, 0) is 24.3 Å². The van der Waals surface area contributed by atoms with Gasteiger partial charge in [-0.15, -0.1) is 6.42 Å². The van der Waals surface area contributed by atoms with Gasteiger partial charge in [0, 0.05) is 6.20 Å². The van der Waals surface area contributed by atoms with Crippen LogP contribution in [-0.4, -0.2) is 20.4 Å². The average Bonchev–Trinajstić information content (AvgIpc) is 2.92. The van der Waals surface area contributed by atoms with E-state index in [9.17, 15) is 4.79 Å². The van der Waals surface area contributed by atoms with Crippen LogP contribution < -0.4 is 5.32 Å². The minimum Gasteiger partial charge on any atom is -0.343 e. The van der Waals surface area contributed by atoms with Gasteiger partial charge < -0.3 is 9.88 Å². The third-order valence-corrected chi connectivity index (χ3v) is 3.29. The first-order valence-corrected chi connectivity index (χ1v) is 6.86. The van der Waals surface area contributed by atoms with Gasteiger partial charge in [0.25, 0.3) is 5.91 Å². The van der Waals surface area contributed by atoms with E-state index >= 15 is 0 Å². The Morgan fingerprint density at radius 2 is 2.05 bits per heavy atom. The van der Waals surface area contributed by atoms with E-state index < -0.39 is 0 Å². The third kappa shape index (κ3) is 2.67. The molecular weight excluding hydrogens is 276 g/mol. The number of carbonyl (C=O) groups is 1. The molecule has 0 fully saturated rings. The highest BCUT2D eigenvalue weighted by Gasteiger charge is 2.12. The monoisotopic (exact) mass is 290 g/mol. The number of rotatable bonds is 4. The third-order valence-electron chi connectivity index (χ3n) is 3.29. The maximum Gasteiger partial charge on any atom is 0.270 e. The van der Waals surface area contributed by atoms with E-state index in [2.05, 4.69) is 21.2 Å². The lowest BCUT2D eigenvalue weighted by Crippen LogP contribution is -2.25. The Bertz CT molecular complexity index is 846. The second-order valence-electron chi connectivity index (χ2n) is 4.70. The molecule has 0 aliphatic carbocycles. The van der Waals surface area contributed by atoms with E-state index in [0.717, 1.165) is 16.9 Å². The number of nitrogens with zero attached hydrogens (tertiary/aromatic N) is 3. The highest BCUT2D eigenvalue weighted by Crippen LogP contribution is 2.15. The van der Waals surface area contributed by atoms with Gasteiger partial charge in [-0.2, -0.15) is 0 Å². The van der Waals surface area contributed by atoms with Crippen LogP contribution in [0, 0.1) is 12.3 Å². The van der Waals surface area contributed by atoms with Crippen molar-refractivity contribution in [1.82, 2.24) is 19.9 Å². The molecule has 0 aliphatic heterocycles. The van der Waals surface area contributed by atoms with E-state index in [4.69, 9.17) is 6.42 Å². The quantitative estimate of drug-likeness (QED) is 0.748. The van der Waals surface area contributed by atoms with Crippen molar-refractivity contribution in [3.05, 3.63) is 60.2 Å². The van der Waals surface area contributed by atoms with Crippen LogP contribution in [-0.2, 0) is 13.1 Å². The first-order chi connectivity index (χ1) is 10.8. The van der Waals surface area contributed by atoms with Crippen molar-refractivity contribution in [2.24, 2.45) is 0 Å². The Morgan fingerprint density at radius 1 is 1.23 bits per heavy atom. The van der Waals surface area contributed by atoms with Crippen molar-refractivity contribution in [2.75, 3.05) is 0 Å². The van der Waals surface area contributed by atoms with Crippen LogP contribution in [0.2, 0.25) is 0 Å². The van der Waals surface area contributed by atoms with Crippen LogP contribution in [0.3, 0.4) is 0 Å². The molecule has 0 radical (unpaired) electrons. The molecule has 0 aliphatic rings. The van der Waals surface area contributed by atoms with Crippen molar-refractivity contribution < 1.29 is 4.79 Å². The number of carbonyl (C=O) groups excluding carboxylic acids is 1. The molecule has 108 valence electrons. The number of amides is 1. The number of fused-ring (bicyclic) bond motifs is 1. The fourth-order valence-corrected chi connectivity index (χ4v) is 2.28. The van der Waals surface area contributed by atoms with Crippen molar-refractivity contribution in [3.8, 4) is 12.3 Å². The minimum absolute atomic E-state index is 0.236. The van der Waals surface area contributed by atoms with Gasteiger partial charge in [0.1, 0.15) is 11.5 Å². The maximum atomic E-state index is 12.1. The van der Waals surface area contributed by atoms with Crippen molar-refractivity contribution in [1.29, 1.82) is 0 Å². The van der Waals surface area contributed by atoms with Gasteiger partial charge in [0.2, 0.25) is 0 Å². The van der Waals surface area contributed by atoms with Gasteiger partial charge >= 0.3 is 0 Å². The molecule has 22 heavy (non-hydrogen) atoms. The second kappa shape index (κ2) is 6.10. The zero-order valence-corrected chi connectivity index (χ0v) is 11.9. The Balaban J connectivity index is 1.83. The molecule has 1 aromatic carbocycles. The molecule has 0 unspecified atom stereocenters. The standard InChI is InChI=1S/C17H14N4O/c1-2-11-21-15-9-4-3-7-13(15)20-16(21)12-19-17(22)14-8-5-6-10-18-14/h1,3-10H,11-12H2,(H,19,22). The van der Waals surface area contributed by atoms with E-state index in [0.29, 0.717) is 18.8 Å². The van der Waals surface area contributed by atoms with E-state index in [-0.39, 0.29) is 5.91 Å². The average molecular weight is 290 g/mol. The Hall–Kier alpha value is -3.13. The van der Waals surface area contributed by atoms with Crippen LogP contribution >= 0.6 is 0 Å². The van der Waals surface area contributed by atoms with Crippen LogP contribution in [0.4, 0.5) is 0 Å². The van der Waals surface area contributed by atoms with Gasteiger partial charge in [-0.1, -0.05) is 24.1 Å². The number of benzene rings is 1. The Labute approximate surface area is 128 Å². The first-order valence-electron chi connectivity index (χ1n) is 6.86. The summed E-state index contributed by atoms with van der Waals surface area (Å²) in [5, 5.41) is 2.82. The lowest BCUT2D eigenvalue weighted by Gasteiger charge is -2.07. The summed E-state index contributed by atoms with van der Waals surface area (Å²) in [6, 6.07) is 13.0. The summed E-state index contributed by atoms with van der Waals surface area (Å²) in [5.41, 5.74) is 2.20. The van der Waals surface area contributed by atoms with Crippen molar-refractivity contribution in [3.63, 3.8) is 0 Å². The number of imidazole rings is 1. The molecule has 0 spiro atoms. The molecule has 0 atom stereocenters. The summed E-state index contributed by atoms with van der Waals surface area (Å²) in [7, 11) is 0. The smallest absolute Gasteiger partial charge is 0.270 e. The topological polar surface area (TPSA) is 59.8 Å². The van der Waals surface area contributed by atoms with Gasteiger partial charge in [0.05, 0.1) is 24.1 Å². The predicted octanol–water partition coefficient (Wildman–Crippen LogP) is 1.99. The number of hydrogen-bond donors (Lipinski definition) is 1. The number of aromatic nitrogens is 3. The molecule has 5 heteroatoms. The number of pyridine rings is 1. The van der Waals surface area contributed by atoms with Crippen LogP contribution in [0.5, 0.6) is 0 Å². The zero-order valence-electron chi connectivity index (χ0n) is 11.9. The SMILES string of the molecule is C#CCn1c(CNC(=O)c2ccccn2)nc2ccccc21. The van der Waals surface area contributed by atoms with Crippen LogP contribution in [0.1, 0.15) is 16.3 Å². The molecule has 1 N–H and O–H groups in total. The van der Waals surface area contributed by atoms with Crippen LogP contribution in [0.15, 0.2) is 48.7 Å². The second-order valence-corrected chi connectivity index (χ2v) is 4.70. The summed E-state index contributed by atoms with van der Waals surface area (Å²) in [6.07, 6.45) is 7.02. The van der Waals surface area contributed by atoms with E-state index in [1.165, 1.54) is 0 Å². The Morgan fingerprint density at radius 3 is 2.82 bits per heavy atom. The summed E-state index contributed by atoms with van der Waals surface area (Å²) >= 11 is 0. The molecule has 2 heterocycles. The predicted molar refractivity (Wildman–Crippen MR) is 84.0 cm³/mol. The Kier molecular flexibility index (Phi) is 3.84. The molecule has 0 saturated heterocycles. The fraction of sp³-hybridized carbons (Fsp3) is 0.118.